The predicted molar refractivity (Wildman–Crippen MR) is 90.0 cm³/mol. The van der Waals surface area contributed by atoms with Gasteiger partial charge in [-0.25, -0.2) is 14.8 Å². The van der Waals surface area contributed by atoms with Gasteiger partial charge in [-0.05, 0) is 18.2 Å². The monoisotopic (exact) mass is 329 g/mol. The number of nitrogens with zero attached hydrogens (tertiary/aromatic N) is 3. The summed E-state index contributed by atoms with van der Waals surface area (Å²) in [7, 11) is 4.73. The van der Waals surface area contributed by atoms with E-state index in [0.717, 1.165) is 5.56 Å². The first-order valence-corrected chi connectivity index (χ1v) is 7.19. The third kappa shape index (κ3) is 4.08. The number of carboxylic acids is 1. The molecule has 0 amide bonds. The number of aromatic nitrogens is 2. The highest BCUT2D eigenvalue weighted by Crippen LogP contribution is 2.25. The highest BCUT2D eigenvalue weighted by Gasteiger charge is 2.16. The number of carbonyl (C=O) groups is 1. The highest BCUT2D eigenvalue weighted by molar-refractivity contribution is 5.90. The first kappa shape index (κ1) is 17.4. The van der Waals surface area contributed by atoms with Crippen LogP contribution in [0.5, 0.6) is 5.75 Å². The molecule has 2 rings (SSSR count). The summed E-state index contributed by atoms with van der Waals surface area (Å²) in [6, 6.07) is 9.17. The quantitative estimate of drug-likeness (QED) is 0.779. The topological polar surface area (TPSA) is 84.8 Å². The van der Waals surface area contributed by atoms with Crippen LogP contribution < -0.4 is 9.64 Å². The number of ether oxygens (including phenoxy) is 2. The van der Waals surface area contributed by atoms with E-state index in [4.69, 9.17) is 9.47 Å². The summed E-state index contributed by atoms with van der Waals surface area (Å²) in [5.74, 6) is 0.121. The van der Waals surface area contributed by atoms with E-state index in [1.165, 1.54) is 24.4 Å². The minimum atomic E-state index is -1.06. The van der Waals surface area contributed by atoms with Gasteiger partial charge in [0.05, 0.1) is 19.4 Å². The lowest BCUT2D eigenvalue weighted by Crippen LogP contribution is -2.24. The molecule has 0 atom stereocenters. The van der Waals surface area contributed by atoms with Gasteiger partial charge in [-0.15, -0.1) is 0 Å². The Morgan fingerprint density at radius 3 is 2.75 bits per heavy atom. The summed E-state index contributed by atoms with van der Waals surface area (Å²) in [6.45, 7) is 0.194. The molecule has 24 heavy (non-hydrogen) atoms. The number of carboxylic acid groups (broad SMARTS) is 1. The molecule has 7 nitrogen and oxygen atoms in total. The molecule has 0 saturated carbocycles. The highest BCUT2D eigenvalue weighted by atomic mass is 16.5. The summed E-state index contributed by atoms with van der Waals surface area (Å²) in [6.07, 6.45) is 2.88. The fraction of sp³-hybridized carbons (Fsp3) is 0.235. The number of hydrogen-bond donors (Lipinski definition) is 1. The molecule has 126 valence electrons. The second-order valence-electron chi connectivity index (χ2n) is 4.90. The number of anilines is 1. The minimum absolute atomic E-state index is 0.0761. The van der Waals surface area contributed by atoms with Crippen molar-refractivity contribution in [3.05, 3.63) is 48.4 Å². The van der Waals surface area contributed by atoms with Gasteiger partial charge in [0.2, 0.25) is 0 Å². The second-order valence-corrected chi connectivity index (χ2v) is 4.90. The molecule has 0 radical (unpaired) electrons. The predicted octanol–water partition coefficient (Wildman–Crippen LogP) is 2.20. The lowest BCUT2D eigenvalue weighted by atomic mass is 10.1. The molecule has 0 unspecified atom stereocenters. The van der Waals surface area contributed by atoms with Crippen molar-refractivity contribution in [3.8, 4) is 17.0 Å². The summed E-state index contributed by atoms with van der Waals surface area (Å²) >= 11 is 0. The smallest absolute Gasteiger partial charge is 0.352 e. The maximum absolute atomic E-state index is 11.4. The summed E-state index contributed by atoms with van der Waals surface area (Å²) in [5.41, 5.74) is 1.60. The first-order valence-electron chi connectivity index (χ1n) is 7.19. The van der Waals surface area contributed by atoms with Gasteiger partial charge in [0.25, 0.3) is 0 Å². The first-order chi connectivity index (χ1) is 11.6. The van der Waals surface area contributed by atoms with Crippen molar-refractivity contribution in [2.24, 2.45) is 0 Å². The van der Waals surface area contributed by atoms with Crippen molar-refractivity contribution in [2.75, 3.05) is 32.8 Å². The van der Waals surface area contributed by atoms with E-state index >= 15 is 0 Å². The maximum Gasteiger partial charge on any atom is 0.352 e. The Labute approximate surface area is 140 Å². The van der Waals surface area contributed by atoms with E-state index in [1.54, 1.807) is 20.2 Å². The molecule has 0 bridgehead atoms. The van der Waals surface area contributed by atoms with E-state index in [-0.39, 0.29) is 12.3 Å². The van der Waals surface area contributed by atoms with Crippen LogP contribution in [0, 0.1) is 0 Å². The Bertz CT molecular complexity index is 746. The van der Waals surface area contributed by atoms with Crippen LogP contribution in [-0.4, -0.2) is 48.9 Å². The number of likely N-dealkylation sites (N-methyl/N-ethyl adjacent to an activating group) is 1. The van der Waals surface area contributed by atoms with Crippen LogP contribution in [0.4, 0.5) is 5.82 Å². The zero-order valence-corrected chi connectivity index (χ0v) is 13.8. The number of methoxy groups -OCH3 is 2. The van der Waals surface area contributed by atoms with Gasteiger partial charge in [-0.3, -0.25) is 0 Å². The fourth-order valence-corrected chi connectivity index (χ4v) is 2.12. The standard InChI is InChI=1S/C17H19N3O4/c1-20(15(17(21)22)7-8-23-2)16-10-14(18-11-19-16)12-5-4-6-13(9-12)24-3/h4-7,9-11H,8H2,1-3H3,(H,21,22). The number of rotatable bonds is 7. The van der Waals surface area contributed by atoms with Crippen LogP contribution in [0.3, 0.4) is 0 Å². The largest absolute Gasteiger partial charge is 0.497 e. The Morgan fingerprint density at radius 1 is 1.29 bits per heavy atom. The molecule has 0 spiro atoms. The van der Waals surface area contributed by atoms with Crippen molar-refractivity contribution in [3.63, 3.8) is 0 Å². The van der Waals surface area contributed by atoms with E-state index in [1.807, 2.05) is 24.3 Å². The van der Waals surface area contributed by atoms with E-state index in [2.05, 4.69) is 9.97 Å². The van der Waals surface area contributed by atoms with Gasteiger partial charge < -0.3 is 19.5 Å². The molecular formula is C17H19N3O4. The average Bonchev–Trinajstić information content (AvgIpc) is 2.61. The molecule has 0 saturated heterocycles. The van der Waals surface area contributed by atoms with Crippen molar-refractivity contribution < 1.29 is 19.4 Å². The minimum Gasteiger partial charge on any atom is -0.497 e. The van der Waals surface area contributed by atoms with E-state index in [0.29, 0.717) is 17.3 Å². The van der Waals surface area contributed by atoms with Gasteiger partial charge in [0.1, 0.15) is 23.6 Å². The van der Waals surface area contributed by atoms with Crippen LogP contribution in [0.25, 0.3) is 11.3 Å². The molecule has 1 N–H and O–H groups in total. The molecule has 0 aliphatic rings. The van der Waals surface area contributed by atoms with Gasteiger partial charge >= 0.3 is 5.97 Å². The van der Waals surface area contributed by atoms with Gasteiger partial charge in [-0.1, -0.05) is 12.1 Å². The molecule has 1 heterocycles. The molecule has 1 aromatic heterocycles. The maximum atomic E-state index is 11.4. The summed E-state index contributed by atoms with van der Waals surface area (Å²) in [5, 5.41) is 9.36. The molecule has 1 aromatic carbocycles. The van der Waals surface area contributed by atoms with Crippen molar-refractivity contribution in [2.45, 2.75) is 0 Å². The molecule has 0 fully saturated rings. The van der Waals surface area contributed by atoms with Crippen LogP contribution in [0.15, 0.2) is 48.4 Å². The van der Waals surface area contributed by atoms with Crippen LogP contribution in [0.1, 0.15) is 0 Å². The zero-order valence-electron chi connectivity index (χ0n) is 13.8. The lowest BCUT2D eigenvalue weighted by molar-refractivity contribution is -0.132. The van der Waals surface area contributed by atoms with Gasteiger partial charge in [0.15, 0.2) is 0 Å². The fourth-order valence-electron chi connectivity index (χ4n) is 2.12. The molecule has 2 aromatic rings. The van der Waals surface area contributed by atoms with Crippen LogP contribution >= 0.6 is 0 Å². The van der Waals surface area contributed by atoms with Crippen molar-refractivity contribution in [1.29, 1.82) is 0 Å². The number of aliphatic carboxylic acids is 1. The SMILES string of the molecule is COCC=C(C(=O)O)N(C)c1cc(-c2cccc(OC)c2)ncn1. The molecule has 0 aliphatic carbocycles. The molecular weight excluding hydrogens is 310 g/mol. The van der Waals surface area contributed by atoms with E-state index < -0.39 is 5.97 Å². The molecule has 0 aliphatic heterocycles. The van der Waals surface area contributed by atoms with Crippen molar-refractivity contribution in [1.82, 2.24) is 9.97 Å². The average molecular weight is 329 g/mol. The summed E-state index contributed by atoms with van der Waals surface area (Å²) in [4.78, 5) is 21.3. The second kappa shape index (κ2) is 8.07. The van der Waals surface area contributed by atoms with Gasteiger partial charge in [-0.2, -0.15) is 0 Å². The summed E-state index contributed by atoms with van der Waals surface area (Å²) < 4.78 is 10.1. The Morgan fingerprint density at radius 2 is 2.08 bits per heavy atom. The number of hydrogen-bond acceptors (Lipinski definition) is 6. The van der Waals surface area contributed by atoms with Crippen LogP contribution in [-0.2, 0) is 9.53 Å². The third-order valence-electron chi connectivity index (χ3n) is 3.39. The molecule has 7 heteroatoms. The Hall–Kier alpha value is -2.93. The van der Waals surface area contributed by atoms with Crippen LogP contribution in [0.2, 0.25) is 0 Å². The van der Waals surface area contributed by atoms with Gasteiger partial charge in [0, 0.05) is 25.8 Å². The van der Waals surface area contributed by atoms with Crippen molar-refractivity contribution >= 4 is 11.8 Å². The third-order valence-corrected chi connectivity index (χ3v) is 3.39. The number of benzene rings is 1. The van der Waals surface area contributed by atoms with E-state index in [9.17, 15) is 9.90 Å². The zero-order chi connectivity index (χ0) is 17.5. The Kier molecular flexibility index (Phi) is 5.86. The lowest BCUT2D eigenvalue weighted by Gasteiger charge is -2.19. The normalized spacial score (nSPS) is 11.2. The Balaban J connectivity index is 2.36.